The van der Waals surface area contributed by atoms with Gasteiger partial charge in [-0.2, -0.15) is 13.2 Å². The molecule has 1 saturated heterocycles. The van der Waals surface area contributed by atoms with E-state index in [0.29, 0.717) is 43.4 Å². The van der Waals surface area contributed by atoms with E-state index in [1.165, 1.54) is 12.3 Å². The third kappa shape index (κ3) is 4.76. The van der Waals surface area contributed by atoms with Crippen LogP contribution in [0.4, 0.5) is 34.8 Å². The van der Waals surface area contributed by atoms with E-state index in [2.05, 4.69) is 15.3 Å². The van der Waals surface area contributed by atoms with Crippen molar-refractivity contribution in [1.82, 2.24) is 14.9 Å². The number of aldehydes is 1. The van der Waals surface area contributed by atoms with Gasteiger partial charge < -0.3 is 15.1 Å². The van der Waals surface area contributed by atoms with E-state index in [4.69, 9.17) is 0 Å². The first-order valence-corrected chi connectivity index (χ1v) is 8.43. The summed E-state index contributed by atoms with van der Waals surface area (Å²) < 4.78 is 51.0. The van der Waals surface area contributed by atoms with Gasteiger partial charge in [0.2, 0.25) is 0 Å². The maximum atomic E-state index is 13.1. The predicted molar refractivity (Wildman–Crippen MR) is 95.8 cm³/mol. The van der Waals surface area contributed by atoms with Crippen LogP contribution in [0.5, 0.6) is 0 Å². The van der Waals surface area contributed by atoms with E-state index in [1.807, 2.05) is 4.90 Å². The van der Waals surface area contributed by atoms with Crippen molar-refractivity contribution < 1.29 is 22.4 Å². The lowest BCUT2D eigenvalue weighted by molar-refractivity contribution is -0.141. The number of carbonyl (C=O) groups excluding carboxylic acids is 1. The minimum Gasteiger partial charge on any atom is -0.371 e. The molecule has 1 aliphatic heterocycles. The Kier molecular flexibility index (Phi) is 5.76. The minimum atomic E-state index is -4.49. The SMILES string of the molecule is O=CC(F)=CN1CCN(c2ncccc2Nc2ccc(C(F)(F)F)nc2)CC1. The third-order valence-electron chi connectivity index (χ3n) is 4.15. The van der Waals surface area contributed by atoms with Gasteiger partial charge in [-0.25, -0.2) is 14.4 Å². The zero-order valence-corrected chi connectivity index (χ0v) is 14.7. The lowest BCUT2D eigenvalue weighted by Crippen LogP contribution is -2.44. The quantitative estimate of drug-likeness (QED) is 0.476. The summed E-state index contributed by atoms with van der Waals surface area (Å²) in [5.74, 6) is -0.203. The third-order valence-corrected chi connectivity index (χ3v) is 4.15. The topological polar surface area (TPSA) is 61.4 Å². The van der Waals surface area contributed by atoms with E-state index in [1.54, 1.807) is 23.2 Å². The summed E-state index contributed by atoms with van der Waals surface area (Å²) in [5.41, 5.74) is 0.0557. The van der Waals surface area contributed by atoms with Crippen LogP contribution in [-0.2, 0) is 11.0 Å². The molecule has 148 valence electrons. The summed E-state index contributed by atoms with van der Waals surface area (Å²) in [6.45, 7) is 2.08. The van der Waals surface area contributed by atoms with Crippen molar-refractivity contribution in [3.8, 4) is 0 Å². The number of rotatable bonds is 5. The normalized spacial score (nSPS) is 15.5. The molecule has 1 fully saturated rings. The van der Waals surface area contributed by atoms with E-state index in [0.717, 1.165) is 12.3 Å². The molecule has 28 heavy (non-hydrogen) atoms. The number of pyridine rings is 2. The number of nitrogens with zero attached hydrogens (tertiary/aromatic N) is 4. The number of anilines is 3. The molecular weight excluding hydrogens is 378 g/mol. The number of carbonyl (C=O) groups is 1. The zero-order chi connectivity index (χ0) is 20.1. The Bertz CT molecular complexity index is 846. The Labute approximate surface area is 158 Å². The van der Waals surface area contributed by atoms with Gasteiger partial charge in [0.1, 0.15) is 5.69 Å². The highest BCUT2D eigenvalue weighted by Gasteiger charge is 2.32. The van der Waals surface area contributed by atoms with Crippen molar-refractivity contribution in [3.63, 3.8) is 0 Å². The van der Waals surface area contributed by atoms with Gasteiger partial charge in [-0.3, -0.25) is 4.79 Å². The minimum absolute atomic E-state index is 0.158. The van der Waals surface area contributed by atoms with Gasteiger partial charge in [0.15, 0.2) is 17.9 Å². The largest absolute Gasteiger partial charge is 0.433 e. The fourth-order valence-corrected chi connectivity index (χ4v) is 2.81. The van der Waals surface area contributed by atoms with Gasteiger partial charge in [-0.05, 0) is 24.3 Å². The van der Waals surface area contributed by atoms with Crippen molar-refractivity contribution in [1.29, 1.82) is 0 Å². The summed E-state index contributed by atoms with van der Waals surface area (Å²) in [7, 11) is 0. The first kappa shape index (κ1) is 19.6. The molecule has 0 bridgehead atoms. The van der Waals surface area contributed by atoms with Gasteiger partial charge in [0.25, 0.3) is 0 Å². The molecule has 0 aromatic carbocycles. The molecular formula is C18H17F4N5O. The molecule has 2 aromatic rings. The Morgan fingerprint density at radius 3 is 2.46 bits per heavy atom. The predicted octanol–water partition coefficient (Wildman–Crippen LogP) is 3.37. The molecule has 0 spiro atoms. The fraction of sp³-hybridized carbons (Fsp3) is 0.278. The molecule has 2 aromatic heterocycles. The standard InChI is InChI=1S/C18H17F4N5O/c19-13(12-28)11-26-6-8-27(9-7-26)17-15(2-1-5-23-17)25-14-3-4-16(24-10-14)18(20,21)22/h1-5,10-12,25H,6-9H2. The van der Waals surface area contributed by atoms with E-state index in [9.17, 15) is 22.4 Å². The van der Waals surface area contributed by atoms with E-state index in [-0.39, 0.29) is 6.29 Å². The van der Waals surface area contributed by atoms with Crippen LogP contribution in [0.15, 0.2) is 48.7 Å². The second-order valence-corrected chi connectivity index (χ2v) is 6.08. The van der Waals surface area contributed by atoms with Crippen molar-refractivity contribution >= 4 is 23.5 Å². The molecule has 0 aliphatic carbocycles. The maximum Gasteiger partial charge on any atom is 0.433 e. The lowest BCUT2D eigenvalue weighted by Gasteiger charge is -2.35. The number of hydrogen-bond donors (Lipinski definition) is 1. The summed E-state index contributed by atoms with van der Waals surface area (Å²) >= 11 is 0. The van der Waals surface area contributed by atoms with E-state index < -0.39 is 17.7 Å². The first-order chi connectivity index (χ1) is 13.4. The molecule has 0 unspecified atom stereocenters. The molecule has 0 radical (unpaired) electrons. The Morgan fingerprint density at radius 2 is 1.86 bits per heavy atom. The lowest BCUT2D eigenvalue weighted by atomic mass is 10.2. The molecule has 0 amide bonds. The van der Waals surface area contributed by atoms with Crippen molar-refractivity contribution in [2.45, 2.75) is 6.18 Å². The number of hydrogen-bond acceptors (Lipinski definition) is 6. The maximum absolute atomic E-state index is 13.1. The first-order valence-electron chi connectivity index (χ1n) is 8.43. The van der Waals surface area contributed by atoms with Crippen molar-refractivity contribution in [2.24, 2.45) is 0 Å². The zero-order valence-electron chi connectivity index (χ0n) is 14.7. The second-order valence-electron chi connectivity index (χ2n) is 6.08. The van der Waals surface area contributed by atoms with Gasteiger partial charge in [-0.1, -0.05) is 0 Å². The molecule has 3 rings (SSSR count). The Morgan fingerprint density at radius 1 is 1.11 bits per heavy atom. The molecule has 3 heterocycles. The molecule has 1 N–H and O–H groups in total. The van der Waals surface area contributed by atoms with Gasteiger partial charge >= 0.3 is 6.18 Å². The summed E-state index contributed by atoms with van der Waals surface area (Å²) in [5, 5.41) is 3.04. The van der Waals surface area contributed by atoms with E-state index >= 15 is 0 Å². The van der Waals surface area contributed by atoms with Crippen LogP contribution in [0.1, 0.15) is 5.69 Å². The number of aromatic nitrogens is 2. The number of nitrogens with one attached hydrogen (secondary N) is 1. The van der Waals surface area contributed by atoms with Crippen LogP contribution in [-0.4, -0.2) is 47.3 Å². The van der Waals surface area contributed by atoms with Crippen LogP contribution in [0.2, 0.25) is 0 Å². The number of alkyl halides is 3. The average molecular weight is 395 g/mol. The highest BCUT2D eigenvalue weighted by atomic mass is 19.4. The average Bonchev–Trinajstić information content (AvgIpc) is 2.69. The van der Waals surface area contributed by atoms with Gasteiger partial charge in [0, 0.05) is 38.6 Å². The van der Waals surface area contributed by atoms with Crippen molar-refractivity contribution in [2.75, 3.05) is 36.4 Å². The second kappa shape index (κ2) is 8.24. The Hall–Kier alpha value is -3.17. The molecule has 1 aliphatic rings. The Balaban J connectivity index is 1.71. The molecule has 0 saturated carbocycles. The monoisotopic (exact) mass is 395 g/mol. The molecule has 10 heteroatoms. The van der Waals surface area contributed by atoms with Gasteiger partial charge in [0.05, 0.1) is 17.6 Å². The number of halogens is 4. The van der Waals surface area contributed by atoms with Crippen LogP contribution < -0.4 is 10.2 Å². The van der Waals surface area contributed by atoms with Crippen LogP contribution in [0.3, 0.4) is 0 Å². The highest BCUT2D eigenvalue weighted by molar-refractivity contribution is 5.72. The van der Waals surface area contributed by atoms with Crippen LogP contribution in [0, 0.1) is 0 Å². The van der Waals surface area contributed by atoms with Crippen molar-refractivity contribution in [3.05, 3.63) is 54.4 Å². The van der Waals surface area contributed by atoms with Crippen LogP contribution >= 0.6 is 0 Å². The molecule has 0 atom stereocenters. The summed E-state index contributed by atoms with van der Waals surface area (Å²) in [6.07, 6.45) is -0.426. The highest BCUT2D eigenvalue weighted by Crippen LogP contribution is 2.30. The number of piperazine rings is 1. The number of allylic oxidation sites excluding steroid dienone is 1. The fourth-order valence-electron chi connectivity index (χ4n) is 2.81. The molecule has 6 nitrogen and oxygen atoms in total. The summed E-state index contributed by atoms with van der Waals surface area (Å²) in [4.78, 5) is 21.9. The summed E-state index contributed by atoms with van der Waals surface area (Å²) in [6, 6.07) is 5.68. The van der Waals surface area contributed by atoms with Crippen LogP contribution in [0.25, 0.3) is 0 Å². The smallest absolute Gasteiger partial charge is 0.371 e. The van der Waals surface area contributed by atoms with Gasteiger partial charge in [-0.15, -0.1) is 0 Å².